The van der Waals surface area contributed by atoms with Gasteiger partial charge in [-0.15, -0.1) is 0 Å². The second-order valence-corrected chi connectivity index (χ2v) is 9.67. The van der Waals surface area contributed by atoms with Gasteiger partial charge in [0, 0.05) is 11.8 Å². The van der Waals surface area contributed by atoms with E-state index in [2.05, 4.69) is 6.58 Å². The van der Waals surface area contributed by atoms with E-state index < -0.39 is 50.1 Å². The molecule has 0 aromatic heterocycles. The lowest BCUT2D eigenvalue weighted by molar-refractivity contribution is -0.138. The molecule has 1 N–H and O–H groups in total. The van der Waals surface area contributed by atoms with Crippen LogP contribution >= 0.6 is 8.03 Å². The summed E-state index contributed by atoms with van der Waals surface area (Å²) in [5.74, 6) is -1.74. The number of benzene rings is 1. The zero-order valence-electron chi connectivity index (χ0n) is 19.3. The Bertz CT molecular complexity index is 803. The molecule has 0 aliphatic carbocycles. The van der Waals surface area contributed by atoms with E-state index in [1.54, 1.807) is 19.7 Å². The number of aliphatic hydroxyl groups excluding tert-OH is 1. The highest BCUT2D eigenvalue weighted by atomic mass is 31.1. The summed E-state index contributed by atoms with van der Waals surface area (Å²) in [6, 6.07) is 9.22. The Hall–Kier alpha value is -1.95. The maximum absolute atomic E-state index is 13.3. The average molecular weight is 457 g/mol. The Morgan fingerprint density at radius 1 is 1.38 bits per heavy atom. The summed E-state index contributed by atoms with van der Waals surface area (Å²) in [6.07, 6.45) is 3.81. The second-order valence-electron chi connectivity index (χ2n) is 8.36. The Morgan fingerprint density at radius 2 is 2.03 bits per heavy atom. The van der Waals surface area contributed by atoms with E-state index in [9.17, 15) is 14.7 Å². The molecule has 8 heteroatoms. The normalized spacial score (nSPS) is 22.1. The molecule has 1 fully saturated rings. The maximum atomic E-state index is 13.3. The van der Waals surface area contributed by atoms with Crippen molar-refractivity contribution in [1.29, 1.82) is 0 Å². The van der Waals surface area contributed by atoms with E-state index in [0.717, 1.165) is 10.5 Å². The van der Waals surface area contributed by atoms with E-state index in [1.165, 1.54) is 0 Å². The fourth-order valence-electron chi connectivity index (χ4n) is 4.01. The highest BCUT2D eigenvalue weighted by molar-refractivity contribution is 7.77. The summed E-state index contributed by atoms with van der Waals surface area (Å²) in [5.41, 5.74) is 1.01. The number of amides is 2. The maximum Gasteiger partial charge on any atom is 0.416 e. The smallest absolute Gasteiger partial charge is 0.416 e. The van der Waals surface area contributed by atoms with Crippen LogP contribution in [-0.4, -0.2) is 61.1 Å². The van der Waals surface area contributed by atoms with E-state index in [1.807, 2.05) is 56.3 Å². The van der Waals surface area contributed by atoms with Gasteiger partial charge < -0.3 is 14.4 Å². The van der Waals surface area contributed by atoms with Crippen LogP contribution in [-0.2, 0) is 20.5 Å². The van der Waals surface area contributed by atoms with Crippen molar-refractivity contribution in [1.82, 2.24) is 4.90 Å². The van der Waals surface area contributed by atoms with Crippen LogP contribution in [0.1, 0.15) is 26.3 Å². The standard InChI is InChI=1S/C24H33BNO5P/c1-6-7-11-16(2)22(31-32(5)25)17(3)21(27)18(4)23(28)26-20(15-30-24(26)29)14-19-12-9-8-10-13-19/h6-13,16-18,20-22,27H,1,14-15H2,2-5H3/b11-7+. The lowest BCUT2D eigenvalue weighted by Crippen LogP contribution is -2.48. The van der Waals surface area contributed by atoms with Crippen molar-refractivity contribution in [2.75, 3.05) is 13.3 Å². The number of imide groups is 1. The molecule has 1 saturated heterocycles. The van der Waals surface area contributed by atoms with Crippen molar-refractivity contribution in [3.63, 3.8) is 0 Å². The predicted molar refractivity (Wildman–Crippen MR) is 128 cm³/mol. The van der Waals surface area contributed by atoms with Crippen molar-refractivity contribution in [3.05, 3.63) is 60.7 Å². The molecule has 1 heterocycles. The van der Waals surface area contributed by atoms with Gasteiger partial charge in [0.2, 0.25) is 5.91 Å². The first-order valence-electron chi connectivity index (χ1n) is 10.8. The molecule has 0 spiro atoms. The van der Waals surface area contributed by atoms with Gasteiger partial charge in [0.25, 0.3) is 0 Å². The largest absolute Gasteiger partial charge is 0.447 e. The molecule has 7 unspecified atom stereocenters. The van der Waals surface area contributed by atoms with Crippen molar-refractivity contribution in [2.45, 2.75) is 45.4 Å². The molecule has 1 aliphatic rings. The van der Waals surface area contributed by atoms with Gasteiger partial charge in [-0.25, -0.2) is 9.69 Å². The molecule has 6 nitrogen and oxygen atoms in total. The number of hydrogen-bond acceptors (Lipinski definition) is 5. The lowest BCUT2D eigenvalue weighted by Gasteiger charge is -2.35. The molecule has 172 valence electrons. The summed E-state index contributed by atoms with van der Waals surface area (Å²) < 4.78 is 11.1. The van der Waals surface area contributed by atoms with E-state index in [0.29, 0.717) is 6.42 Å². The van der Waals surface area contributed by atoms with Crippen LogP contribution in [0.25, 0.3) is 0 Å². The molecular weight excluding hydrogens is 424 g/mol. The fourth-order valence-corrected chi connectivity index (χ4v) is 4.78. The molecule has 1 aromatic carbocycles. The van der Waals surface area contributed by atoms with Gasteiger partial charge in [-0.3, -0.25) is 4.79 Å². The van der Waals surface area contributed by atoms with Crippen LogP contribution in [0.15, 0.2) is 55.1 Å². The first kappa shape index (κ1) is 26.3. The molecule has 32 heavy (non-hydrogen) atoms. The van der Waals surface area contributed by atoms with E-state index in [-0.39, 0.29) is 12.5 Å². The minimum absolute atomic E-state index is 0.0592. The monoisotopic (exact) mass is 457 g/mol. The van der Waals surface area contributed by atoms with Crippen molar-refractivity contribution < 1.29 is 24.0 Å². The Labute approximate surface area is 193 Å². The summed E-state index contributed by atoms with van der Waals surface area (Å²) >= 11 is 0. The van der Waals surface area contributed by atoms with Gasteiger partial charge in [-0.05, 0) is 26.7 Å². The molecule has 2 amide bonds. The number of carbonyl (C=O) groups excluding carboxylic acids is 2. The van der Waals surface area contributed by atoms with Crippen LogP contribution in [0.5, 0.6) is 0 Å². The van der Waals surface area contributed by atoms with Crippen LogP contribution in [0.3, 0.4) is 0 Å². The van der Waals surface area contributed by atoms with Gasteiger partial charge in [-0.2, -0.15) is 0 Å². The van der Waals surface area contributed by atoms with Gasteiger partial charge in [-0.1, -0.05) is 75.9 Å². The number of hydrogen-bond donors (Lipinski definition) is 1. The number of nitrogens with zero attached hydrogens (tertiary/aromatic N) is 1. The number of cyclic esters (lactones) is 1. The SMILES string of the molecule is [B]P(C)OC(C(C)/C=C/C=C)C(C)C(O)C(C)C(=O)N1C(=O)OCC1Cc1ccccc1. The van der Waals surface area contributed by atoms with Crippen LogP contribution in [0.2, 0.25) is 0 Å². The zero-order valence-corrected chi connectivity index (χ0v) is 20.2. The predicted octanol–water partition coefficient (Wildman–Crippen LogP) is 4.08. The molecule has 7 atom stereocenters. The molecule has 1 aromatic rings. The van der Waals surface area contributed by atoms with Crippen LogP contribution in [0.4, 0.5) is 4.79 Å². The molecule has 1 aliphatic heterocycles. The topological polar surface area (TPSA) is 76.1 Å². The molecular formula is C24H33BNO5P. The molecule has 0 bridgehead atoms. The third-order valence-electron chi connectivity index (χ3n) is 5.83. The third kappa shape index (κ3) is 6.78. The van der Waals surface area contributed by atoms with Crippen LogP contribution < -0.4 is 0 Å². The van der Waals surface area contributed by atoms with Crippen molar-refractivity contribution >= 4 is 27.6 Å². The lowest BCUT2D eigenvalue weighted by atomic mass is 9.83. The number of aliphatic hydroxyl groups is 1. The Morgan fingerprint density at radius 3 is 2.62 bits per heavy atom. The minimum Gasteiger partial charge on any atom is -0.447 e. The highest BCUT2D eigenvalue weighted by Gasteiger charge is 2.43. The molecule has 0 saturated carbocycles. The molecule has 2 rings (SSSR count). The second kappa shape index (κ2) is 12.3. The summed E-state index contributed by atoms with van der Waals surface area (Å²) in [4.78, 5) is 26.8. The minimum atomic E-state index is -1.17. The Kier molecular flexibility index (Phi) is 10.1. The van der Waals surface area contributed by atoms with E-state index >= 15 is 0 Å². The fraction of sp³-hybridized carbons (Fsp3) is 0.500. The van der Waals surface area contributed by atoms with Gasteiger partial charge >= 0.3 is 6.09 Å². The summed E-state index contributed by atoms with van der Waals surface area (Å²) in [5, 5.41) is 11.1. The van der Waals surface area contributed by atoms with Gasteiger partial charge in [0.1, 0.15) is 14.2 Å². The number of rotatable bonds is 11. The third-order valence-corrected chi connectivity index (χ3v) is 6.40. The highest BCUT2D eigenvalue weighted by Crippen LogP contribution is 2.36. The average Bonchev–Trinajstić information content (AvgIpc) is 3.14. The zero-order chi connectivity index (χ0) is 23.8. The summed E-state index contributed by atoms with van der Waals surface area (Å²) in [6.45, 7) is 11.0. The first-order chi connectivity index (χ1) is 15.2. The molecule has 2 radical (unpaired) electrons. The number of carbonyl (C=O) groups is 2. The first-order valence-corrected chi connectivity index (χ1v) is 12.6. The van der Waals surface area contributed by atoms with Gasteiger partial charge in [0.05, 0.1) is 24.2 Å². The van der Waals surface area contributed by atoms with Crippen LogP contribution in [0, 0.1) is 17.8 Å². The Balaban J connectivity index is 2.16. The number of allylic oxidation sites excluding steroid dienone is 2. The van der Waals surface area contributed by atoms with Crippen molar-refractivity contribution in [3.8, 4) is 0 Å². The van der Waals surface area contributed by atoms with Crippen molar-refractivity contribution in [2.24, 2.45) is 17.8 Å². The summed E-state index contributed by atoms with van der Waals surface area (Å²) in [7, 11) is 4.75. The van der Waals surface area contributed by atoms with Gasteiger partial charge in [0.15, 0.2) is 0 Å². The quantitative estimate of drug-likeness (QED) is 0.308. The van der Waals surface area contributed by atoms with E-state index in [4.69, 9.17) is 16.8 Å². The number of ether oxygens (including phenoxy) is 1.